The number of aryl methyl sites for hydroxylation is 3. The lowest BCUT2D eigenvalue weighted by atomic mass is 10.1. The summed E-state index contributed by atoms with van der Waals surface area (Å²) >= 11 is 1.69. The van der Waals surface area contributed by atoms with Crippen molar-refractivity contribution in [1.82, 2.24) is 15.5 Å². The zero-order chi connectivity index (χ0) is 19.0. The molecule has 7 heteroatoms. The number of fused-ring (bicyclic) bond motifs is 1. The van der Waals surface area contributed by atoms with Crippen LogP contribution in [-0.4, -0.2) is 22.6 Å². The van der Waals surface area contributed by atoms with Crippen LogP contribution in [0, 0.1) is 20.8 Å². The van der Waals surface area contributed by atoms with Gasteiger partial charge in [-0.1, -0.05) is 16.8 Å². The van der Waals surface area contributed by atoms with Gasteiger partial charge in [0.1, 0.15) is 5.58 Å². The molecule has 3 aromatic heterocycles. The average Bonchev–Trinajstić information content (AvgIpc) is 3.36. The van der Waals surface area contributed by atoms with Crippen LogP contribution in [0.4, 0.5) is 0 Å². The molecule has 0 bridgehead atoms. The second kappa shape index (κ2) is 7.00. The molecule has 1 amide bonds. The number of furan rings is 1. The Morgan fingerprint density at radius 3 is 2.85 bits per heavy atom. The monoisotopic (exact) mass is 381 g/mol. The van der Waals surface area contributed by atoms with Gasteiger partial charge in [-0.3, -0.25) is 4.79 Å². The van der Waals surface area contributed by atoms with Gasteiger partial charge in [0, 0.05) is 22.4 Å². The van der Waals surface area contributed by atoms with E-state index in [4.69, 9.17) is 8.94 Å². The Morgan fingerprint density at radius 2 is 2.07 bits per heavy atom. The third-order valence-electron chi connectivity index (χ3n) is 4.52. The van der Waals surface area contributed by atoms with E-state index in [0.29, 0.717) is 12.3 Å². The van der Waals surface area contributed by atoms with E-state index in [2.05, 4.69) is 34.5 Å². The van der Waals surface area contributed by atoms with E-state index < -0.39 is 0 Å². The van der Waals surface area contributed by atoms with Crippen LogP contribution < -0.4 is 5.32 Å². The lowest BCUT2D eigenvalue weighted by molar-refractivity contribution is 0.0910. The fourth-order valence-corrected chi connectivity index (χ4v) is 3.89. The molecule has 0 saturated heterocycles. The van der Waals surface area contributed by atoms with Gasteiger partial charge >= 0.3 is 11.8 Å². The highest BCUT2D eigenvalue weighted by Gasteiger charge is 2.21. The molecule has 0 aliphatic carbocycles. The van der Waals surface area contributed by atoms with Crippen molar-refractivity contribution in [3.05, 3.63) is 57.1 Å². The first-order valence-electron chi connectivity index (χ1n) is 8.68. The van der Waals surface area contributed by atoms with Crippen LogP contribution in [0.2, 0.25) is 0 Å². The summed E-state index contributed by atoms with van der Waals surface area (Å²) in [4.78, 5) is 17.7. The number of rotatable bonds is 5. The topological polar surface area (TPSA) is 81.2 Å². The van der Waals surface area contributed by atoms with Crippen LogP contribution in [-0.2, 0) is 6.42 Å². The first kappa shape index (κ1) is 17.5. The lowest BCUT2D eigenvalue weighted by Crippen LogP contribution is -2.25. The number of carbonyl (C=O) groups is 1. The van der Waals surface area contributed by atoms with Crippen molar-refractivity contribution in [2.24, 2.45) is 0 Å². The summed E-state index contributed by atoms with van der Waals surface area (Å²) in [5, 5.41) is 9.79. The van der Waals surface area contributed by atoms with Crippen molar-refractivity contribution < 1.29 is 13.7 Å². The molecule has 0 radical (unpaired) electrons. The van der Waals surface area contributed by atoms with Gasteiger partial charge in [-0.2, -0.15) is 4.98 Å². The molecule has 0 unspecified atom stereocenters. The number of aromatic nitrogens is 2. The molecule has 4 rings (SSSR count). The zero-order valence-electron chi connectivity index (χ0n) is 15.3. The highest BCUT2D eigenvalue weighted by molar-refractivity contribution is 7.10. The second-order valence-corrected chi connectivity index (χ2v) is 7.51. The SMILES string of the molecule is Cc1ccc2oc(-c3noc(C(=O)NCCc4sccc4C)n3)c(C)c2c1. The molecule has 0 aliphatic rings. The molecule has 0 spiro atoms. The van der Waals surface area contributed by atoms with Gasteiger partial charge in [0.15, 0.2) is 5.76 Å². The number of hydrogen-bond donors (Lipinski definition) is 1. The minimum absolute atomic E-state index is 0.0658. The Morgan fingerprint density at radius 1 is 1.22 bits per heavy atom. The number of thiophene rings is 1. The number of carbonyl (C=O) groups excluding carboxylic acids is 1. The molecule has 3 heterocycles. The van der Waals surface area contributed by atoms with E-state index in [9.17, 15) is 4.79 Å². The lowest BCUT2D eigenvalue weighted by Gasteiger charge is -2.01. The summed E-state index contributed by atoms with van der Waals surface area (Å²) in [6.45, 7) is 6.55. The summed E-state index contributed by atoms with van der Waals surface area (Å²) in [6, 6.07) is 8.03. The number of nitrogens with one attached hydrogen (secondary N) is 1. The number of benzene rings is 1. The van der Waals surface area contributed by atoms with E-state index in [1.807, 2.05) is 31.4 Å². The molecule has 0 saturated carbocycles. The third-order valence-corrected chi connectivity index (χ3v) is 5.60. The average molecular weight is 381 g/mol. The van der Waals surface area contributed by atoms with Crippen LogP contribution in [0.25, 0.3) is 22.6 Å². The summed E-state index contributed by atoms with van der Waals surface area (Å²) in [6.07, 6.45) is 0.776. The number of nitrogens with zero attached hydrogens (tertiary/aromatic N) is 2. The van der Waals surface area contributed by atoms with Crippen LogP contribution in [0.3, 0.4) is 0 Å². The summed E-state index contributed by atoms with van der Waals surface area (Å²) < 4.78 is 11.0. The molecule has 0 atom stereocenters. The van der Waals surface area contributed by atoms with Gasteiger partial charge in [0.25, 0.3) is 0 Å². The highest BCUT2D eigenvalue weighted by atomic mass is 32.1. The minimum atomic E-state index is -0.382. The quantitative estimate of drug-likeness (QED) is 0.553. The normalized spacial score (nSPS) is 11.2. The molecule has 6 nitrogen and oxygen atoms in total. The Hall–Kier alpha value is -2.93. The molecule has 0 aliphatic heterocycles. The van der Waals surface area contributed by atoms with Crippen molar-refractivity contribution in [1.29, 1.82) is 0 Å². The van der Waals surface area contributed by atoms with Crippen molar-refractivity contribution in [2.45, 2.75) is 27.2 Å². The fraction of sp³-hybridized carbons (Fsp3) is 0.250. The summed E-state index contributed by atoms with van der Waals surface area (Å²) in [5.74, 6) is 0.352. The molecule has 1 N–H and O–H groups in total. The zero-order valence-corrected chi connectivity index (χ0v) is 16.1. The third kappa shape index (κ3) is 3.38. The van der Waals surface area contributed by atoms with Gasteiger partial charge in [0.2, 0.25) is 5.82 Å². The Bertz CT molecular complexity index is 1120. The maximum atomic E-state index is 12.3. The van der Waals surface area contributed by atoms with Crippen LogP contribution >= 0.6 is 11.3 Å². The van der Waals surface area contributed by atoms with Crippen LogP contribution in [0.1, 0.15) is 32.3 Å². The Kier molecular flexibility index (Phi) is 4.53. The summed E-state index contributed by atoms with van der Waals surface area (Å²) in [7, 11) is 0. The predicted octanol–water partition coefficient (Wildman–Crippen LogP) is 4.44. The second-order valence-electron chi connectivity index (χ2n) is 6.51. The van der Waals surface area contributed by atoms with Crippen LogP contribution in [0.15, 0.2) is 38.6 Å². The molecule has 0 fully saturated rings. The molecular formula is C20H19N3O3S. The van der Waals surface area contributed by atoms with Gasteiger partial charge in [-0.15, -0.1) is 11.3 Å². The molecular weight excluding hydrogens is 362 g/mol. The van der Waals surface area contributed by atoms with Crippen molar-refractivity contribution >= 4 is 28.2 Å². The number of hydrogen-bond acceptors (Lipinski definition) is 6. The van der Waals surface area contributed by atoms with Crippen molar-refractivity contribution in [3.63, 3.8) is 0 Å². The molecule has 1 aromatic carbocycles. The smallest absolute Gasteiger partial charge is 0.316 e. The van der Waals surface area contributed by atoms with E-state index >= 15 is 0 Å². The first-order chi connectivity index (χ1) is 13.0. The molecule has 138 valence electrons. The predicted molar refractivity (Wildman–Crippen MR) is 104 cm³/mol. The first-order valence-corrected chi connectivity index (χ1v) is 9.56. The van der Waals surface area contributed by atoms with Crippen molar-refractivity contribution in [2.75, 3.05) is 6.54 Å². The minimum Gasteiger partial charge on any atom is -0.452 e. The number of amides is 1. The van der Waals surface area contributed by atoms with E-state index in [0.717, 1.165) is 28.5 Å². The fourth-order valence-electron chi connectivity index (χ4n) is 2.98. The van der Waals surface area contributed by atoms with E-state index in [1.54, 1.807) is 11.3 Å². The standard InChI is InChI=1S/C20H19N3O3S/c1-11-4-5-15-14(10-11)13(3)17(25-15)18-22-20(26-23-18)19(24)21-8-6-16-12(2)7-9-27-16/h4-5,7,9-10H,6,8H2,1-3H3,(H,21,24). The maximum absolute atomic E-state index is 12.3. The highest BCUT2D eigenvalue weighted by Crippen LogP contribution is 2.31. The molecule has 4 aromatic rings. The van der Waals surface area contributed by atoms with Crippen LogP contribution in [0.5, 0.6) is 0 Å². The molecule has 27 heavy (non-hydrogen) atoms. The van der Waals surface area contributed by atoms with Crippen molar-refractivity contribution in [3.8, 4) is 11.6 Å². The Labute approximate surface area is 160 Å². The van der Waals surface area contributed by atoms with Gasteiger partial charge in [0.05, 0.1) is 0 Å². The van der Waals surface area contributed by atoms with E-state index in [-0.39, 0.29) is 17.6 Å². The van der Waals surface area contributed by atoms with Gasteiger partial charge < -0.3 is 14.3 Å². The Balaban J connectivity index is 1.49. The summed E-state index contributed by atoms with van der Waals surface area (Å²) in [5.41, 5.74) is 4.07. The van der Waals surface area contributed by atoms with Gasteiger partial charge in [-0.25, -0.2) is 0 Å². The largest absolute Gasteiger partial charge is 0.452 e. The van der Waals surface area contributed by atoms with Gasteiger partial charge in [-0.05, 0) is 56.3 Å². The van der Waals surface area contributed by atoms with E-state index in [1.165, 1.54) is 10.4 Å². The maximum Gasteiger partial charge on any atom is 0.316 e.